The third kappa shape index (κ3) is 3.18. The minimum Gasteiger partial charge on any atom is -0.303 e. The van der Waals surface area contributed by atoms with Crippen molar-refractivity contribution in [3.63, 3.8) is 0 Å². The van der Waals surface area contributed by atoms with Crippen LogP contribution >= 0.6 is 0 Å². The van der Waals surface area contributed by atoms with Crippen molar-refractivity contribution in [1.82, 2.24) is 14.5 Å². The van der Waals surface area contributed by atoms with Crippen LogP contribution in [0.5, 0.6) is 0 Å². The second kappa shape index (κ2) is 6.84. The van der Waals surface area contributed by atoms with Crippen molar-refractivity contribution in [2.45, 2.75) is 20.0 Å². The average Bonchev–Trinajstić information content (AvgIpc) is 3.11. The van der Waals surface area contributed by atoms with Crippen molar-refractivity contribution >= 4 is 16.7 Å². The average molecular weight is 395 g/mol. The van der Waals surface area contributed by atoms with Crippen LogP contribution in [0.2, 0.25) is 0 Å². The van der Waals surface area contributed by atoms with Gasteiger partial charge in [-0.1, -0.05) is 30.3 Å². The number of imidazole rings is 1. The quantitative estimate of drug-likeness (QED) is 0.443. The summed E-state index contributed by atoms with van der Waals surface area (Å²) < 4.78 is 42.1. The molecule has 146 valence electrons. The normalized spacial score (nSPS) is 11.8. The summed E-state index contributed by atoms with van der Waals surface area (Å²) >= 11 is 0. The van der Waals surface area contributed by atoms with Gasteiger partial charge in [0.05, 0.1) is 16.8 Å². The molecule has 7 heteroatoms. The molecule has 0 amide bonds. The van der Waals surface area contributed by atoms with E-state index in [1.165, 1.54) is 24.3 Å². The Bertz CT molecular complexity index is 1240. The SMILES string of the molecule is Cc1cnc2c(C(=O)c3ccccc3C(F)(F)F)cccc2c1-n1ccnc1C. The topological polar surface area (TPSA) is 47.8 Å². The Kier molecular flexibility index (Phi) is 4.45. The summed E-state index contributed by atoms with van der Waals surface area (Å²) in [5.41, 5.74) is 0.777. The summed E-state index contributed by atoms with van der Waals surface area (Å²) in [7, 11) is 0. The fraction of sp³-hybridized carbons (Fsp3) is 0.136. The summed E-state index contributed by atoms with van der Waals surface area (Å²) in [5.74, 6) is 0.0351. The number of halogens is 3. The lowest BCUT2D eigenvalue weighted by Crippen LogP contribution is -2.14. The third-order valence-electron chi connectivity index (χ3n) is 4.84. The molecule has 0 radical (unpaired) electrons. The molecule has 0 N–H and O–H groups in total. The van der Waals surface area contributed by atoms with Gasteiger partial charge in [-0.25, -0.2) is 4.98 Å². The molecule has 0 aliphatic rings. The van der Waals surface area contributed by atoms with Gasteiger partial charge in [0.1, 0.15) is 5.82 Å². The van der Waals surface area contributed by atoms with E-state index < -0.39 is 23.1 Å². The lowest BCUT2D eigenvalue weighted by Gasteiger charge is -2.15. The van der Waals surface area contributed by atoms with E-state index in [2.05, 4.69) is 9.97 Å². The maximum Gasteiger partial charge on any atom is 0.417 e. The highest BCUT2D eigenvalue weighted by Gasteiger charge is 2.35. The van der Waals surface area contributed by atoms with E-state index in [1.54, 1.807) is 30.7 Å². The summed E-state index contributed by atoms with van der Waals surface area (Å²) in [5, 5.41) is 0.668. The van der Waals surface area contributed by atoms with E-state index in [0.29, 0.717) is 10.9 Å². The molecule has 29 heavy (non-hydrogen) atoms. The fourth-order valence-corrected chi connectivity index (χ4v) is 3.50. The molecular weight excluding hydrogens is 379 g/mol. The van der Waals surface area contributed by atoms with Crippen molar-refractivity contribution in [2.24, 2.45) is 0 Å². The number of alkyl halides is 3. The zero-order valence-electron chi connectivity index (χ0n) is 15.7. The number of rotatable bonds is 3. The number of benzene rings is 2. The number of aromatic nitrogens is 3. The van der Waals surface area contributed by atoms with Gasteiger partial charge in [0.2, 0.25) is 0 Å². The molecule has 2 aromatic carbocycles. The second-order valence-corrected chi connectivity index (χ2v) is 6.71. The van der Waals surface area contributed by atoms with Gasteiger partial charge in [-0.15, -0.1) is 0 Å². The highest BCUT2D eigenvalue weighted by molar-refractivity contribution is 6.17. The van der Waals surface area contributed by atoms with Crippen molar-refractivity contribution < 1.29 is 18.0 Å². The first kappa shape index (κ1) is 18.9. The zero-order valence-corrected chi connectivity index (χ0v) is 15.7. The first-order chi connectivity index (χ1) is 13.8. The summed E-state index contributed by atoms with van der Waals surface area (Å²) in [6, 6.07) is 9.76. The maximum atomic E-state index is 13.4. The maximum absolute atomic E-state index is 13.4. The predicted octanol–water partition coefficient (Wildman–Crippen LogP) is 5.29. The molecule has 4 rings (SSSR count). The highest BCUT2D eigenvalue weighted by atomic mass is 19.4. The predicted molar refractivity (Wildman–Crippen MR) is 103 cm³/mol. The first-order valence-electron chi connectivity index (χ1n) is 8.88. The van der Waals surface area contributed by atoms with E-state index in [1.807, 2.05) is 18.4 Å². The van der Waals surface area contributed by atoms with Crippen LogP contribution in [0.4, 0.5) is 13.2 Å². The van der Waals surface area contributed by atoms with Gasteiger partial charge in [0.15, 0.2) is 5.78 Å². The Balaban J connectivity index is 1.96. The highest BCUT2D eigenvalue weighted by Crippen LogP contribution is 2.34. The number of carbonyl (C=O) groups is 1. The minimum absolute atomic E-state index is 0.123. The van der Waals surface area contributed by atoms with Crippen LogP contribution in [-0.4, -0.2) is 20.3 Å². The second-order valence-electron chi connectivity index (χ2n) is 6.71. The molecule has 0 saturated carbocycles. The number of para-hydroxylation sites is 1. The van der Waals surface area contributed by atoms with Crippen molar-refractivity contribution in [3.05, 3.63) is 89.1 Å². The molecule has 4 nitrogen and oxygen atoms in total. The van der Waals surface area contributed by atoms with Crippen LogP contribution in [0.3, 0.4) is 0 Å². The van der Waals surface area contributed by atoms with Gasteiger partial charge in [0, 0.05) is 35.1 Å². The molecule has 0 spiro atoms. The number of hydrogen-bond acceptors (Lipinski definition) is 3. The van der Waals surface area contributed by atoms with Crippen molar-refractivity contribution in [2.75, 3.05) is 0 Å². The van der Waals surface area contributed by atoms with Crippen molar-refractivity contribution in [3.8, 4) is 5.69 Å². The molecule has 0 atom stereocenters. The smallest absolute Gasteiger partial charge is 0.303 e. The van der Waals surface area contributed by atoms with Gasteiger partial charge in [0.25, 0.3) is 0 Å². The summed E-state index contributed by atoms with van der Waals surface area (Å²) in [6.07, 6.45) is 0.448. The third-order valence-corrected chi connectivity index (χ3v) is 4.84. The first-order valence-corrected chi connectivity index (χ1v) is 8.88. The molecule has 2 heterocycles. The molecule has 0 aliphatic carbocycles. The molecular formula is C22H16F3N3O. The number of nitrogens with zero attached hydrogens (tertiary/aromatic N) is 3. The Morgan fingerprint density at radius 1 is 0.966 bits per heavy atom. The van der Waals surface area contributed by atoms with Gasteiger partial charge in [-0.2, -0.15) is 13.2 Å². The Labute approximate surface area is 164 Å². The van der Waals surface area contributed by atoms with Crippen LogP contribution in [-0.2, 0) is 6.18 Å². The summed E-state index contributed by atoms with van der Waals surface area (Å²) in [4.78, 5) is 21.7. The number of fused-ring (bicyclic) bond motifs is 1. The van der Waals surface area contributed by atoms with Gasteiger partial charge in [-0.3, -0.25) is 9.78 Å². The van der Waals surface area contributed by atoms with E-state index in [9.17, 15) is 18.0 Å². The largest absolute Gasteiger partial charge is 0.417 e. The number of hydrogen-bond donors (Lipinski definition) is 0. The molecule has 0 unspecified atom stereocenters. The van der Waals surface area contributed by atoms with Gasteiger partial charge in [-0.05, 0) is 31.5 Å². The van der Waals surface area contributed by atoms with Crippen LogP contribution in [0.25, 0.3) is 16.6 Å². The molecule has 0 bridgehead atoms. The van der Waals surface area contributed by atoms with Crippen molar-refractivity contribution in [1.29, 1.82) is 0 Å². The van der Waals surface area contributed by atoms with Crippen LogP contribution in [0, 0.1) is 13.8 Å². The van der Waals surface area contributed by atoms with E-state index >= 15 is 0 Å². The number of ketones is 1. The van der Waals surface area contributed by atoms with Crippen LogP contribution < -0.4 is 0 Å². The van der Waals surface area contributed by atoms with E-state index in [0.717, 1.165) is 23.1 Å². The Hall–Kier alpha value is -3.48. The number of aryl methyl sites for hydroxylation is 2. The standard InChI is InChI=1S/C22H16F3N3O/c1-13-12-27-19-16(20(13)28-11-10-26-14(28)2)7-5-8-17(19)21(29)15-6-3-4-9-18(15)22(23,24)25/h3-12H,1-2H3. The van der Waals surface area contributed by atoms with E-state index in [4.69, 9.17) is 0 Å². The Morgan fingerprint density at radius 3 is 2.38 bits per heavy atom. The van der Waals surface area contributed by atoms with Crippen LogP contribution in [0.1, 0.15) is 32.9 Å². The molecule has 0 fully saturated rings. The molecule has 0 saturated heterocycles. The molecule has 0 aliphatic heterocycles. The van der Waals surface area contributed by atoms with Gasteiger partial charge >= 0.3 is 6.18 Å². The Morgan fingerprint density at radius 2 is 1.69 bits per heavy atom. The van der Waals surface area contributed by atoms with Gasteiger partial charge < -0.3 is 4.57 Å². The fourth-order valence-electron chi connectivity index (χ4n) is 3.50. The monoisotopic (exact) mass is 395 g/mol. The minimum atomic E-state index is -4.63. The number of pyridine rings is 1. The lowest BCUT2D eigenvalue weighted by molar-refractivity contribution is -0.137. The molecule has 4 aromatic rings. The lowest BCUT2D eigenvalue weighted by atomic mass is 9.95. The zero-order chi connectivity index (χ0) is 20.8. The van der Waals surface area contributed by atoms with Crippen LogP contribution in [0.15, 0.2) is 61.1 Å². The molecule has 2 aromatic heterocycles. The van der Waals surface area contributed by atoms with E-state index in [-0.39, 0.29) is 5.56 Å². The number of carbonyl (C=O) groups excluding carboxylic acids is 1. The summed E-state index contributed by atoms with van der Waals surface area (Å²) in [6.45, 7) is 3.73.